The first-order chi connectivity index (χ1) is 15.6. The summed E-state index contributed by atoms with van der Waals surface area (Å²) >= 11 is 3.41. The highest BCUT2D eigenvalue weighted by molar-refractivity contribution is 9.10. The van der Waals surface area contributed by atoms with Gasteiger partial charge >= 0.3 is 6.09 Å². The zero-order valence-corrected chi connectivity index (χ0v) is 19.0. The predicted molar refractivity (Wildman–Crippen MR) is 128 cm³/mol. The van der Waals surface area contributed by atoms with Crippen molar-refractivity contribution < 1.29 is 14.3 Å². The molecule has 5 rings (SSSR count). The topological polar surface area (TPSA) is 58.6 Å². The van der Waals surface area contributed by atoms with Crippen LogP contribution in [0.4, 0.5) is 10.5 Å². The molecule has 0 unspecified atom stereocenters. The molecule has 0 spiro atoms. The maximum absolute atomic E-state index is 13.0. The van der Waals surface area contributed by atoms with Crippen LogP contribution in [0.25, 0.3) is 11.1 Å². The number of ether oxygens (including phenoxy) is 1. The maximum Gasteiger partial charge on any atom is 0.410 e. The Morgan fingerprint density at radius 2 is 1.66 bits per heavy atom. The van der Waals surface area contributed by atoms with Crippen molar-refractivity contribution in [3.05, 3.63) is 88.4 Å². The van der Waals surface area contributed by atoms with Crippen LogP contribution in [0.15, 0.2) is 77.3 Å². The number of hydrogen-bond donors (Lipinski definition) is 1. The van der Waals surface area contributed by atoms with E-state index in [1.165, 1.54) is 22.3 Å². The van der Waals surface area contributed by atoms with Crippen molar-refractivity contribution in [3.8, 4) is 11.1 Å². The fourth-order valence-corrected chi connectivity index (χ4v) is 5.13. The van der Waals surface area contributed by atoms with Crippen LogP contribution in [-0.4, -0.2) is 36.1 Å². The van der Waals surface area contributed by atoms with Crippen LogP contribution in [0.5, 0.6) is 0 Å². The summed E-state index contributed by atoms with van der Waals surface area (Å²) < 4.78 is 6.66. The number of amides is 2. The highest BCUT2D eigenvalue weighted by Gasteiger charge is 2.36. The van der Waals surface area contributed by atoms with Crippen molar-refractivity contribution in [2.24, 2.45) is 0 Å². The number of nitrogens with zero attached hydrogens (tertiary/aromatic N) is 1. The lowest BCUT2D eigenvalue weighted by Gasteiger charge is -2.24. The second kappa shape index (κ2) is 8.79. The third kappa shape index (κ3) is 3.91. The summed E-state index contributed by atoms with van der Waals surface area (Å²) in [7, 11) is 0. The van der Waals surface area contributed by atoms with Gasteiger partial charge < -0.3 is 10.1 Å². The minimum atomic E-state index is -0.523. The van der Waals surface area contributed by atoms with E-state index in [0.717, 1.165) is 10.9 Å². The molecule has 0 saturated carbocycles. The summed E-state index contributed by atoms with van der Waals surface area (Å²) in [5.41, 5.74) is 5.43. The highest BCUT2D eigenvalue weighted by atomic mass is 79.9. The monoisotopic (exact) mass is 490 g/mol. The van der Waals surface area contributed by atoms with Gasteiger partial charge in [0, 0.05) is 22.6 Å². The smallest absolute Gasteiger partial charge is 0.410 e. The summed E-state index contributed by atoms with van der Waals surface area (Å²) in [4.78, 5) is 27.4. The van der Waals surface area contributed by atoms with Crippen LogP contribution in [-0.2, 0) is 9.53 Å². The fourth-order valence-electron chi connectivity index (χ4n) is 4.73. The predicted octanol–water partition coefficient (Wildman–Crippen LogP) is 5.80. The van der Waals surface area contributed by atoms with Gasteiger partial charge in [0.25, 0.3) is 0 Å². The molecule has 1 heterocycles. The molecule has 1 aliphatic heterocycles. The second-order valence-electron chi connectivity index (χ2n) is 8.16. The lowest BCUT2D eigenvalue weighted by molar-refractivity contribution is -0.120. The van der Waals surface area contributed by atoms with Gasteiger partial charge in [-0.3, -0.25) is 9.69 Å². The first kappa shape index (κ1) is 20.8. The van der Waals surface area contributed by atoms with Crippen LogP contribution < -0.4 is 5.32 Å². The van der Waals surface area contributed by atoms with E-state index < -0.39 is 12.1 Å². The van der Waals surface area contributed by atoms with E-state index in [9.17, 15) is 9.59 Å². The first-order valence-electron chi connectivity index (χ1n) is 10.8. The molecule has 1 saturated heterocycles. The second-order valence-corrected chi connectivity index (χ2v) is 9.07. The third-order valence-electron chi connectivity index (χ3n) is 6.22. The normalized spacial score (nSPS) is 17.0. The molecule has 32 heavy (non-hydrogen) atoms. The minimum absolute atomic E-state index is 0.00268. The summed E-state index contributed by atoms with van der Waals surface area (Å²) in [5.74, 6) is -0.183. The molecule has 0 bridgehead atoms. The van der Waals surface area contributed by atoms with Gasteiger partial charge in [-0.25, -0.2) is 4.79 Å². The molecule has 1 fully saturated rings. The van der Waals surface area contributed by atoms with Gasteiger partial charge in [-0.05, 0) is 53.3 Å². The summed E-state index contributed by atoms with van der Waals surface area (Å²) in [5, 5.41) is 2.91. The van der Waals surface area contributed by atoms with Crippen LogP contribution >= 0.6 is 15.9 Å². The zero-order valence-electron chi connectivity index (χ0n) is 17.5. The first-order valence-corrected chi connectivity index (χ1v) is 11.6. The van der Waals surface area contributed by atoms with Gasteiger partial charge in [0.15, 0.2) is 0 Å². The van der Waals surface area contributed by atoms with E-state index in [0.29, 0.717) is 18.7 Å². The van der Waals surface area contributed by atoms with Gasteiger partial charge in [-0.2, -0.15) is 0 Å². The Morgan fingerprint density at radius 3 is 2.34 bits per heavy atom. The van der Waals surface area contributed by atoms with E-state index in [2.05, 4.69) is 45.5 Å². The van der Waals surface area contributed by atoms with Crippen LogP contribution in [0.2, 0.25) is 0 Å². The average molecular weight is 491 g/mol. The SMILES string of the molecule is O=C(Nc1cccc(Br)c1)[C@@H]1CCCN1C(=O)OCC1c2ccccc2-c2ccccc21. The molecule has 0 aromatic heterocycles. The van der Waals surface area contributed by atoms with E-state index in [1.54, 1.807) is 4.90 Å². The highest BCUT2D eigenvalue weighted by Crippen LogP contribution is 2.44. The molecule has 2 aliphatic rings. The Balaban J connectivity index is 1.27. The largest absolute Gasteiger partial charge is 0.448 e. The Kier molecular flexibility index (Phi) is 5.70. The molecule has 1 N–H and O–H groups in total. The van der Waals surface area contributed by atoms with Crippen LogP contribution in [0.1, 0.15) is 29.9 Å². The van der Waals surface area contributed by atoms with Gasteiger partial charge in [-0.15, -0.1) is 0 Å². The van der Waals surface area contributed by atoms with Crippen molar-refractivity contribution in [2.45, 2.75) is 24.8 Å². The minimum Gasteiger partial charge on any atom is -0.448 e. The zero-order chi connectivity index (χ0) is 22.1. The fraction of sp³-hybridized carbons (Fsp3) is 0.231. The number of carbonyl (C=O) groups is 2. The van der Waals surface area contributed by atoms with Gasteiger partial charge in [0.1, 0.15) is 12.6 Å². The molecule has 3 aromatic rings. The maximum atomic E-state index is 13.0. The number of likely N-dealkylation sites (tertiary alicyclic amines) is 1. The van der Waals surface area contributed by atoms with Crippen molar-refractivity contribution >= 4 is 33.6 Å². The lowest BCUT2D eigenvalue weighted by Crippen LogP contribution is -2.43. The van der Waals surface area contributed by atoms with E-state index in [1.807, 2.05) is 48.5 Å². The Labute approximate surface area is 195 Å². The molecule has 3 aromatic carbocycles. The molecule has 162 valence electrons. The summed E-state index contributed by atoms with van der Waals surface area (Å²) in [6, 6.07) is 23.4. The molecule has 6 heteroatoms. The van der Waals surface area contributed by atoms with Crippen molar-refractivity contribution in [1.29, 1.82) is 0 Å². The standard InChI is InChI=1S/C26H23BrN2O3/c27-17-7-5-8-18(15-17)28-25(30)24-13-6-14-29(24)26(31)32-16-23-21-11-3-1-9-19(21)20-10-2-4-12-22(20)23/h1-5,7-12,15,23-24H,6,13-14,16H2,(H,28,30)/t24-/m0/s1. The van der Waals surface area contributed by atoms with Crippen LogP contribution in [0.3, 0.4) is 0 Å². The quantitative estimate of drug-likeness (QED) is 0.502. The Bertz CT molecular complexity index is 1130. The number of nitrogens with one attached hydrogen (secondary N) is 1. The van der Waals surface area contributed by atoms with Crippen molar-refractivity contribution in [3.63, 3.8) is 0 Å². The molecular weight excluding hydrogens is 468 g/mol. The summed E-state index contributed by atoms with van der Waals surface area (Å²) in [6.45, 7) is 0.774. The number of anilines is 1. The molecule has 1 aliphatic carbocycles. The van der Waals surface area contributed by atoms with E-state index in [4.69, 9.17) is 4.74 Å². The van der Waals surface area contributed by atoms with Crippen molar-refractivity contribution in [2.75, 3.05) is 18.5 Å². The number of fused-ring (bicyclic) bond motifs is 3. The van der Waals surface area contributed by atoms with Gasteiger partial charge in [0.05, 0.1) is 0 Å². The van der Waals surface area contributed by atoms with E-state index in [-0.39, 0.29) is 18.4 Å². The number of carbonyl (C=O) groups excluding carboxylic acids is 2. The number of rotatable bonds is 4. The van der Waals surface area contributed by atoms with Gasteiger partial charge in [-0.1, -0.05) is 70.5 Å². The van der Waals surface area contributed by atoms with Crippen molar-refractivity contribution in [1.82, 2.24) is 4.90 Å². The van der Waals surface area contributed by atoms with E-state index >= 15 is 0 Å². The summed E-state index contributed by atoms with van der Waals surface area (Å²) in [6.07, 6.45) is 0.976. The number of halogens is 1. The number of hydrogen-bond acceptors (Lipinski definition) is 3. The molecule has 1 atom stereocenters. The molecule has 5 nitrogen and oxygen atoms in total. The molecule has 2 amide bonds. The van der Waals surface area contributed by atoms with Crippen LogP contribution in [0, 0.1) is 0 Å². The average Bonchev–Trinajstić information content (AvgIpc) is 3.41. The number of benzene rings is 3. The third-order valence-corrected chi connectivity index (χ3v) is 6.71. The lowest BCUT2D eigenvalue weighted by atomic mass is 9.98. The van der Waals surface area contributed by atoms with Gasteiger partial charge in [0.2, 0.25) is 5.91 Å². The Morgan fingerprint density at radius 1 is 0.969 bits per heavy atom. The Hall–Kier alpha value is -3.12. The molecule has 0 radical (unpaired) electrons. The molecular formula is C26H23BrN2O3.